The lowest BCUT2D eigenvalue weighted by molar-refractivity contribution is 0.590. The summed E-state index contributed by atoms with van der Waals surface area (Å²) < 4.78 is 24.6. The van der Waals surface area contributed by atoms with Crippen LogP contribution in [0, 0.1) is 6.92 Å². The predicted octanol–water partition coefficient (Wildman–Crippen LogP) is 1.58. The van der Waals surface area contributed by atoms with Crippen LogP contribution in [0.3, 0.4) is 0 Å². The molecule has 0 fully saturated rings. The molecule has 84 valence electrons. The molecular formula is C11H12N2O2S. The maximum Gasteiger partial charge on any atom is 0.231 e. The van der Waals surface area contributed by atoms with Crippen molar-refractivity contribution in [3.63, 3.8) is 0 Å². The van der Waals surface area contributed by atoms with E-state index in [-0.39, 0.29) is 5.16 Å². The average molecular weight is 236 g/mol. The molecule has 0 aliphatic rings. The molecule has 0 radical (unpaired) electrons. The first kappa shape index (κ1) is 10.9. The van der Waals surface area contributed by atoms with E-state index in [2.05, 4.69) is 4.98 Å². The highest BCUT2D eigenvalue weighted by Gasteiger charge is 2.16. The van der Waals surface area contributed by atoms with Crippen LogP contribution in [-0.2, 0) is 9.84 Å². The van der Waals surface area contributed by atoms with E-state index in [0.29, 0.717) is 0 Å². The number of hydrogen-bond donors (Lipinski definition) is 0. The van der Waals surface area contributed by atoms with Crippen molar-refractivity contribution in [3.05, 3.63) is 42.2 Å². The summed E-state index contributed by atoms with van der Waals surface area (Å²) in [5, 5.41) is 0.0711. The van der Waals surface area contributed by atoms with Crippen molar-refractivity contribution in [1.29, 1.82) is 0 Å². The summed E-state index contributed by atoms with van der Waals surface area (Å²) in [5.41, 5.74) is 1.84. The van der Waals surface area contributed by atoms with Gasteiger partial charge in [0.15, 0.2) is 0 Å². The molecule has 0 amide bonds. The zero-order chi connectivity index (χ0) is 11.8. The normalized spacial score (nSPS) is 11.6. The molecule has 0 spiro atoms. The van der Waals surface area contributed by atoms with Crippen LogP contribution in [-0.4, -0.2) is 24.2 Å². The van der Waals surface area contributed by atoms with Crippen molar-refractivity contribution >= 4 is 9.84 Å². The van der Waals surface area contributed by atoms with Gasteiger partial charge in [0.05, 0.1) is 5.69 Å². The minimum Gasteiger partial charge on any atom is -0.290 e. The lowest BCUT2D eigenvalue weighted by Gasteiger charge is -2.08. The molecule has 4 nitrogen and oxygen atoms in total. The molecule has 16 heavy (non-hydrogen) atoms. The Hall–Kier alpha value is -1.62. The van der Waals surface area contributed by atoms with E-state index in [9.17, 15) is 8.42 Å². The number of para-hydroxylation sites is 1. The third-order valence-electron chi connectivity index (χ3n) is 2.31. The molecule has 2 rings (SSSR count). The monoisotopic (exact) mass is 236 g/mol. The molecule has 0 bridgehead atoms. The first-order chi connectivity index (χ1) is 7.50. The van der Waals surface area contributed by atoms with Gasteiger partial charge in [0.2, 0.25) is 15.0 Å². The Bertz CT molecular complexity index is 614. The van der Waals surface area contributed by atoms with E-state index in [1.54, 1.807) is 10.8 Å². The number of hydrogen-bond acceptors (Lipinski definition) is 3. The van der Waals surface area contributed by atoms with Crippen LogP contribution in [0.25, 0.3) is 5.69 Å². The standard InChI is InChI=1S/C11H12N2O2S/c1-9-5-3-4-6-10(9)13-8-7-12-11(13)16(2,14)15/h3-8H,1-2H3. The average Bonchev–Trinajstić information content (AvgIpc) is 2.66. The molecular weight excluding hydrogens is 224 g/mol. The zero-order valence-corrected chi connectivity index (χ0v) is 9.90. The molecule has 1 aromatic carbocycles. The summed E-state index contributed by atoms with van der Waals surface area (Å²) in [6, 6.07) is 7.58. The summed E-state index contributed by atoms with van der Waals surface area (Å²) in [7, 11) is -3.30. The second kappa shape index (κ2) is 3.75. The van der Waals surface area contributed by atoms with Gasteiger partial charge in [0, 0.05) is 18.6 Å². The Morgan fingerprint density at radius 2 is 1.94 bits per heavy atom. The number of aryl methyl sites for hydroxylation is 1. The topological polar surface area (TPSA) is 52.0 Å². The Morgan fingerprint density at radius 1 is 1.25 bits per heavy atom. The predicted molar refractivity (Wildman–Crippen MR) is 61.4 cm³/mol. The SMILES string of the molecule is Cc1ccccc1-n1ccnc1S(C)(=O)=O. The summed E-state index contributed by atoms with van der Waals surface area (Å²) >= 11 is 0. The van der Waals surface area contributed by atoms with Crippen molar-refractivity contribution in [3.8, 4) is 5.69 Å². The van der Waals surface area contributed by atoms with Crippen LogP contribution in [0.2, 0.25) is 0 Å². The highest BCUT2D eigenvalue weighted by atomic mass is 32.2. The van der Waals surface area contributed by atoms with Crippen LogP contribution in [0.15, 0.2) is 41.8 Å². The van der Waals surface area contributed by atoms with Gasteiger partial charge in [-0.25, -0.2) is 13.4 Å². The highest BCUT2D eigenvalue weighted by Crippen LogP contribution is 2.17. The molecule has 5 heteroatoms. The van der Waals surface area contributed by atoms with Crippen molar-refractivity contribution < 1.29 is 8.42 Å². The Morgan fingerprint density at radius 3 is 2.56 bits per heavy atom. The Labute approximate surface area is 94.5 Å². The minimum atomic E-state index is -3.30. The van der Waals surface area contributed by atoms with Gasteiger partial charge in [-0.05, 0) is 18.6 Å². The zero-order valence-electron chi connectivity index (χ0n) is 9.08. The van der Waals surface area contributed by atoms with Crippen LogP contribution in [0.5, 0.6) is 0 Å². The lowest BCUT2D eigenvalue weighted by Crippen LogP contribution is -2.08. The van der Waals surface area contributed by atoms with Crippen molar-refractivity contribution in [1.82, 2.24) is 9.55 Å². The van der Waals surface area contributed by atoms with Gasteiger partial charge >= 0.3 is 0 Å². The third-order valence-corrected chi connectivity index (χ3v) is 3.28. The van der Waals surface area contributed by atoms with Gasteiger partial charge in [-0.2, -0.15) is 0 Å². The Balaban J connectivity index is 2.68. The second-order valence-corrected chi connectivity index (χ2v) is 5.55. The van der Waals surface area contributed by atoms with E-state index in [0.717, 1.165) is 17.5 Å². The van der Waals surface area contributed by atoms with Crippen molar-refractivity contribution in [2.75, 3.05) is 6.26 Å². The van der Waals surface area contributed by atoms with E-state index in [1.165, 1.54) is 6.20 Å². The number of aromatic nitrogens is 2. The molecule has 1 aromatic heterocycles. The number of nitrogens with zero attached hydrogens (tertiary/aromatic N) is 2. The summed E-state index contributed by atoms with van der Waals surface area (Å²) in [6.45, 7) is 1.93. The van der Waals surface area contributed by atoms with Gasteiger partial charge in [-0.3, -0.25) is 4.57 Å². The fourth-order valence-corrected chi connectivity index (χ4v) is 2.35. The molecule has 0 aliphatic heterocycles. The third kappa shape index (κ3) is 1.86. The minimum absolute atomic E-state index is 0.0711. The van der Waals surface area contributed by atoms with Gasteiger partial charge in [-0.15, -0.1) is 0 Å². The molecule has 0 atom stereocenters. The number of imidazole rings is 1. The first-order valence-electron chi connectivity index (χ1n) is 4.79. The highest BCUT2D eigenvalue weighted by molar-refractivity contribution is 7.90. The molecule has 0 aliphatic carbocycles. The quantitative estimate of drug-likeness (QED) is 0.795. The van der Waals surface area contributed by atoms with E-state index < -0.39 is 9.84 Å². The molecule has 0 saturated heterocycles. The van der Waals surface area contributed by atoms with E-state index in [1.807, 2.05) is 31.2 Å². The fourth-order valence-electron chi connectivity index (χ4n) is 1.58. The van der Waals surface area contributed by atoms with Gasteiger partial charge in [0.1, 0.15) is 0 Å². The number of rotatable bonds is 2. The van der Waals surface area contributed by atoms with Crippen molar-refractivity contribution in [2.45, 2.75) is 12.1 Å². The fraction of sp³-hybridized carbons (Fsp3) is 0.182. The van der Waals surface area contributed by atoms with Gasteiger partial charge in [0.25, 0.3) is 0 Å². The maximum atomic E-state index is 11.5. The van der Waals surface area contributed by atoms with Crippen LogP contribution in [0.1, 0.15) is 5.56 Å². The van der Waals surface area contributed by atoms with Crippen LogP contribution >= 0.6 is 0 Å². The van der Waals surface area contributed by atoms with Gasteiger partial charge < -0.3 is 0 Å². The van der Waals surface area contributed by atoms with E-state index >= 15 is 0 Å². The largest absolute Gasteiger partial charge is 0.290 e. The summed E-state index contributed by atoms with van der Waals surface area (Å²) in [4.78, 5) is 3.88. The van der Waals surface area contributed by atoms with Crippen molar-refractivity contribution in [2.24, 2.45) is 0 Å². The lowest BCUT2D eigenvalue weighted by atomic mass is 10.2. The van der Waals surface area contributed by atoms with Gasteiger partial charge in [-0.1, -0.05) is 18.2 Å². The first-order valence-corrected chi connectivity index (χ1v) is 6.69. The molecule has 0 N–H and O–H groups in total. The molecule has 0 unspecified atom stereocenters. The molecule has 0 saturated carbocycles. The smallest absolute Gasteiger partial charge is 0.231 e. The second-order valence-electron chi connectivity index (χ2n) is 3.64. The number of benzene rings is 1. The Kier molecular flexibility index (Phi) is 2.55. The number of sulfone groups is 1. The van der Waals surface area contributed by atoms with Crippen LogP contribution < -0.4 is 0 Å². The summed E-state index contributed by atoms with van der Waals surface area (Å²) in [5.74, 6) is 0. The van der Waals surface area contributed by atoms with Crippen LogP contribution in [0.4, 0.5) is 0 Å². The maximum absolute atomic E-state index is 11.5. The summed E-state index contributed by atoms with van der Waals surface area (Å²) in [6.07, 6.45) is 4.30. The molecule has 1 heterocycles. The molecule has 2 aromatic rings. The van der Waals surface area contributed by atoms with E-state index in [4.69, 9.17) is 0 Å².